The molecule has 0 atom stereocenters. The lowest BCUT2D eigenvalue weighted by Gasteiger charge is -2.14. The number of nitrogens with two attached hydrogens (primary N) is 1. The van der Waals surface area contributed by atoms with Gasteiger partial charge in [0.05, 0.1) is 11.3 Å². The molecule has 0 aliphatic carbocycles. The van der Waals surface area contributed by atoms with E-state index in [0.717, 1.165) is 10.0 Å². The first-order chi connectivity index (χ1) is 13.3. The Kier molecular flexibility index (Phi) is 6.33. The minimum Gasteiger partial charge on any atom is -0.319 e. The summed E-state index contributed by atoms with van der Waals surface area (Å²) < 4.78 is 3.59. The zero-order valence-electron chi connectivity index (χ0n) is 14.5. The van der Waals surface area contributed by atoms with Gasteiger partial charge in [-0.25, -0.2) is 10.8 Å². The van der Waals surface area contributed by atoms with Gasteiger partial charge in [0.2, 0.25) is 0 Å². The quantitative estimate of drug-likeness (QED) is 0.246. The number of nitrogens with zero attached hydrogens (tertiary/aromatic N) is 2. The number of carbonyl (C=O) groups is 2. The number of halogens is 3. The minimum absolute atomic E-state index is 0.211. The smallest absolute Gasteiger partial charge is 0.272 e. The Morgan fingerprint density at radius 3 is 2.54 bits per heavy atom. The monoisotopic (exact) mass is 569 g/mol. The molecule has 3 aromatic rings. The summed E-state index contributed by atoms with van der Waals surface area (Å²) in [5, 5.41) is 2.79. The highest BCUT2D eigenvalue weighted by atomic mass is 79.9. The molecule has 0 unspecified atom stereocenters. The van der Waals surface area contributed by atoms with Gasteiger partial charge in [0.25, 0.3) is 11.8 Å². The second-order valence-electron chi connectivity index (χ2n) is 5.80. The summed E-state index contributed by atoms with van der Waals surface area (Å²) in [5.41, 5.74) is 3.86. The number of nitrogen functional groups attached to an aromatic ring is 1. The van der Waals surface area contributed by atoms with E-state index >= 15 is 0 Å². The first-order valence-corrected chi connectivity index (χ1v) is 10.3. The number of carbonyl (C=O) groups excluding carboxylic acids is 2. The Balaban J connectivity index is 2.05. The lowest BCUT2D eigenvalue weighted by atomic mass is 10.1. The zero-order valence-corrected chi connectivity index (χ0v) is 19.2. The van der Waals surface area contributed by atoms with Gasteiger partial charge in [-0.15, -0.1) is 0 Å². The van der Waals surface area contributed by atoms with Crippen molar-refractivity contribution < 1.29 is 9.59 Å². The topological polar surface area (TPSA) is 102 Å². The van der Waals surface area contributed by atoms with Gasteiger partial charge in [-0.1, -0.05) is 22.0 Å². The van der Waals surface area contributed by atoms with Crippen LogP contribution < -0.4 is 16.6 Å². The van der Waals surface area contributed by atoms with Crippen molar-refractivity contribution in [3.63, 3.8) is 0 Å². The van der Waals surface area contributed by atoms with Gasteiger partial charge in [0, 0.05) is 25.8 Å². The summed E-state index contributed by atoms with van der Waals surface area (Å²) in [6, 6.07) is 8.71. The first-order valence-electron chi connectivity index (χ1n) is 7.93. The van der Waals surface area contributed by atoms with Gasteiger partial charge < -0.3 is 5.32 Å². The molecule has 4 N–H and O–H groups in total. The standard InChI is InChI=1S/C18H14Br3N5O2/c1-9-3-2-4-23-16(9)26-8-11(20)7-14(26)18(28)24-15-12(17(27)25-22)5-10(19)6-13(15)21/h2-8H,22H2,1H3,(H,24,28)(H,25,27). The van der Waals surface area contributed by atoms with Crippen LogP contribution in [0.2, 0.25) is 0 Å². The number of aryl methyl sites for hydroxylation is 1. The molecule has 0 radical (unpaired) electrons. The van der Waals surface area contributed by atoms with Crippen LogP contribution in [0.5, 0.6) is 0 Å². The molecule has 7 nitrogen and oxygen atoms in total. The van der Waals surface area contributed by atoms with Crippen molar-refractivity contribution in [2.24, 2.45) is 5.84 Å². The van der Waals surface area contributed by atoms with E-state index < -0.39 is 11.8 Å². The molecule has 10 heteroatoms. The highest BCUT2D eigenvalue weighted by Gasteiger charge is 2.21. The maximum atomic E-state index is 13.1. The number of hydrogen-bond donors (Lipinski definition) is 3. The molecule has 2 aromatic heterocycles. The molecule has 3 rings (SSSR count). The Bertz CT molecular complexity index is 1080. The van der Waals surface area contributed by atoms with E-state index in [-0.39, 0.29) is 5.56 Å². The van der Waals surface area contributed by atoms with E-state index in [1.165, 1.54) is 0 Å². The van der Waals surface area contributed by atoms with Gasteiger partial charge in [0.15, 0.2) is 0 Å². The Hall–Kier alpha value is -2.01. The fraction of sp³-hybridized carbons (Fsp3) is 0.0556. The molecule has 144 valence electrons. The third-order valence-electron chi connectivity index (χ3n) is 3.90. The van der Waals surface area contributed by atoms with Crippen molar-refractivity contribution in [1.29, 1.82) is 0 Å². The molecule has 1 aromatic carbocycles. The van der Waals surface area contributed by atoms with E-state index in [1.807, 2.05) is 19.1 Å². The molecule has 0 fully saturated rings. The van der Waals surface area contributed by atoms with Crippen LogP contribution in [0.4, 0.5) is 5.69 Å². The third kappa shape index (κ3) is 4.19. The summed E-state index contributed by atoms with van der Waals surface area (Å²) >= 11 is 10.1. The lowest BCUT2D eigenvalue weighted by Crippen LogP contribution is -2.31. The van der Waals surface area contributed by atoms with Crippen LogP contribution in [0.3, 0.4) is 0 Å². The fourth-order valence-electron chi connectivity index (χ4n) is 2.65. The first kappa shape index (κ1) is 20.7. The molecule has 0 bridgehead atoms. The predicted octanol–water partition coefficient (Wildman–Crippen LogP) is 4.32. The molecule has 2 amide bonds. The van der Waals surface area contributed by atoms with Crippen molar-refractivity contribution in [3.8, 4) is 5.82 Å². The SMILES string of the molecule is Cc1cccnc1-n1cc(Br)cc1C(=O)Nc1c(Br)cc(Br)cc1C(=O)NN. The summed E-state index contributed by atoms with van der Waals surface area (Å²) in [4.78, 5) is 29.6. The summed E-state index contributed by atoms with van der Waals surface area (Å²) in [6.07, 6.45) is 3.42. The maximum Gasteiger partial charge on any atom is 0.272 e. The molecular formula is C18H14Br3N5O2. The van der Waals surface area contributed by atoms with Crippen LogP contribution >= 0.6 is 47.8 Å². The normalized spacial score (nSPS) is 10.6. The number of pyridine rings is 1. The average Bonchev–Trinajstić information content (AvgIpc) is 3.05. The Labute approximate surface area is 186 Å². The number of hydrogen-bond acceptors (Lipinski definition) is 4. The lowest BCUT2D eigenvalue weighted by molar-refractivity contribution is 0.0954. The van der Waals surface area contributed by atoms with Crippen LogP contribution in [0, 0.1) is 6.92 Å². The van der Waals surface area contributed by atoms with E-state index in [1.54, 1.807) is 35.2 Å². The number of hydrazine groups is 1. The second kappa shape index (κ2) is 8.56. The van der Waals surface area contributed by atoms with E-state index in [4.69, 9.17) is 5.84 Å². The largest absolute Gasteiger partial charge is 0.319 e. The predicted molar refractivity (Wildman–Crippen MR) is 117 cm³/mol. The Morgan fingerprint density at radius 1 is 1.11 bits per heavy atom. The van der Waals surface area contributed by atoms with Crippen molar-refractivity contribution in [3.05, 3.63) is 73.0 Å². The number of benzene rings is 1. The highest BCUT2D eigenvalue weighted by Crippen LogP contribution is 2.32. The highest BCUT2D eigenvalue weighted by molar-refractivity contribution is 9.11. The molecule has 0 spiro atoms. The van der Waals surface area contributed by atoms with Crippen LogP contribution in [0.25, 0.3) is 5.82 Å². The fourth-order valence-corrected chi connectivity index (χ4v) is 4.39. The van der Waals surface area contributed by atoms with Gasteiger partial charge in [-0.2, -0.15) is 0 Å². The van der Waals surface area contributed by atoms with E-state index in [9.17, 15) is 9.59 Å². The van der Waals surface area contributed by atoms with Gasteiger partial charge in [-0.05, 0) is 68.6 Å². The molecule has 0 aliphatic heterocycles. The number of anilines is 1. The summed E-state index contributed by atoms with van der Waals surface area (Å²) in [6.45, 7) is 1.91. The van der Waals surface area contributed by atoms with Crippen LogP contribution in [-0.2, 0) is 0 Å². The number of amides is 2. The summed E-state index contributed by atoms with van der Waals surface area (Å²) in [7, 11) is 0. The molecule has 28 heavy (non-hydrogen) atoms. The number of rotatable bonds is 4. The molecule has 0 saturated heterocycles. The average molecular weight is 572 g/mol. The molecule has 2 heterocycles. The maximum absolute atomic E-state index is 13.1. The zero-order chi connectivity index (χ0) is 20.4. The minimum atomic E-state index is -0.533. The van der Waals surface area contributed by atoms with Crippen molar-refractivity contribution in [1.82, 2.24) is 15.0 Å². The third-order valence-corrected chi connectivity index (χ3v) is 5.42. The van der Waals surface area contributed by atoms with Gasteiger partial charge in [0.1, 0.15) is 11.5 Å². The summed E-state index contributed by atoms with van der Waals surface area (Å²) in [5.74, 6) is 4.96. The van der Waals surface area contributed by atoms with E-state index in [2.05, 4.69) is 63.5 Å². The van der Waals surface area contributed by atoms with Crippen LogP contribution in [0.15, 0.2) is 56.1 Å². The van der Waals surface area contributed by atoms with Crippen LogP contribution in [-0.4, -0.2) is 21.4 Å². The van der Waals surface area contributed by atoms with Crippen molar-refractivity contribution in [2.45, 2.75) is 6.92 Å². The molecular weight excluding hydrogens is 558 g/mol. The van der Waals surface area contributed by atoms with Crippen molar-refractivity contribution >= 4 is 65.3 Å². The Morgan fingerprint density at radius 2 is 1.86 bits per heavy atom. The van der Waals surface area contributed by atoms with Gasteiger partial charge in [-0.3, -0.25) is 19.6 Å². The van der Waals surface area contributed by atoms with Gasteiger partial charge >= 0.3 is 0 Å². The molecule has 0 saturated carbocycles. The number of aromatic nitrogens is 2. The van der Waals surface area contributed by atoms with E-state index in [0.29, 0.717) is 26.1 Å². The van der Waals surface area contributed by atoms with Crippen molar-refractivity contribution in [2.75, 3.05) is 5.32 Å². The molecule has 0 aliphatic rings. The van der Waals surface area contributed by atoms with Crippen LogP contribution in [0.1, 0.15) is 26.4 Å². The second-order valence-corrected chi connectivity index (χ2v) is 8.48. The number of nitrogens with one attached hydrogen (secondary N) is 2.